The van der Waals surface area contributed by atoms with Gasteiger partial charge in [-0.15, -0.1) is 0 Å². The lowest BCUT2D eigenvalue weighted by Crippen LogP contribution is -2.50. The zero-order chi connectivity index (χ0) is 18.5. The lowest BCUT2D eigenvalue weighted by molar-refractivity contribution is 0.0840. The van der Waals surface area contributed by atoms with Crippen molar-refractivity contribution in [3.63, 3.8) is 0 Å². The van der Waals surface area contributed by atoms with Gasteiger partial charge in [0.15, 0.2) is 5.78 Å². The van der Waals surface area contributed by atoms with E-state index in [4.69, 9.17) is 4.74 Å². The maximum atomic E-state index is 13.6. The second-order valence-corrected chi connectivity index (χ2v) is 7.28. The molecule has 3 rings (SSSR count). The van der Waals surface area contributed by atoms with E-state index in [1.165, 1.54) is 31.7 Å². The normalized spacial score (nSPS) is 21.3. The van der Waals surface area contributed by atoms with Crippen molar-refractivity contribution < 1.29 is 18.7 Å². The number of benzene rings is 1. The van der Waals surface area contributed by atoms with Crippen LogP contribution in [0.2, 0.25) is 0 Å². The number of likely N-dealkylation sites (tertiary alicyclic amines) is 1. The Morgan fingerprint density at radius 3 is 2.65 bits per heavy atom. The molecule has 1 aromatic carbocycles. The van der Waals surface area contributed by atoms with Crippen molar-refractivity contribution in [3.8, 4) is 5.75 Å². The van der Waals surface area contributed by atoms with Gasteiger partial charge in [0.1, 0.15) is 11.6 Å². The van der Waals surface area contributed by atoms with Crippen molar-refractivity contribution in [1.29, 1.82) is 0 Å². The van der Waals surface area contributed by atoms with Crippen LogP contribution in [0.15, 0.2) is 18.2 Å². The van der Waals surface area contributed by atoms with E-state index in [1.54, 1.807) is 4.90 Å². The fourth-order valence-electron chi connectivity index (χ4n) is 3.98. The van der Waals surface area contributed by atoms with Crippen molar-refractivity contribution in [2.75, 3.05) is 20.2 Å². The first kappa shape index (κ1) is 18.7. The summed E-state index contributed by atoms with van der Waals surface area (Å²) >= 11 is 0. The van der Waals surface area contributed by atoms with Crippen LogP contribution in [0.1, 0.15) is 55.3 Å². The number of carbonyl (C=O) groups excluding carboxylic acids is 2. The third-order valence-electron chi connectivity index (χ3n) is 5.44. The molecule has 1 aromatic rings. The molecule has 26 heavy (non-hydrogen) atoms. The quantitative estimate of drug-likeness (QED) is 0.830. The average molecular weight is 362 g/mol. The summed E-state index contributed by atoms with van der Waals surface area (Å²) in [6, 6.07) is 4.14. The molecule has 2 aliphatic rings. The fourth-order valence-corrected chi connectivity index (χ4v) is 3.98. The zero-order valence-electron chi connectivity index (χ0n) is 15.3. The highest BCUT2D eigenvalue weighted by Gasteiger charge is 2.31. The van der Waals surface area contributed by atoms with E-state index in [0.29, 0.717) is 25.3 Å². The second-order valence-electron chi connectivity index (χ2n) is 7.28. The molecule has 2 fully saturated rings. The van der Waals surface area contributed by atoms with Gasteiger partial charge in [-0.05, 0) is 43.9 Å². The van der Waals surface area contributed by atoms with Crippen LogP contribution in [0.25, 0.3) is 0 Å². The number of rotatable bonds is 4. The van der Waals surface area contributed by atoms with Crippen LogP contribution in [-0.4, -0.2) is 43.0 Å². The number of nitrogens with zero attached hydrogens (tertiary/aromatic N) is 1. The highest BCUT2D eigenvalue weighted by molar-refractivity contribution is 6.00. The van der Waals surface area contributed by atoms with Crippen LogP contribution < -0.4 is 10.1 Å². The van der Waals surface area contributed by atoms with E-state index in [9.17, 15) is 14.0 Å². The number of amides is 2. The molecule has 1 saturated heterocycles. The topological polar surface area (TPSA) is 58.6 Å². The van der Waals surface area contributed by atoms with Crippen LogP contribution in [-0.2, 0) is 0 Å². The smallest absolute Gasteiger partial charge is 0.317 e. The molecular weight excluding hydrogens is 335 g/mol. The molecule has 1 aliphatic heterocycles. The molecule has 142 valence electrons. The van der Waals surface area contributed by atoms with E-state index in [-0.39, 0.29) is 29.3 Å². The first-order valence-electron chi connectivity index (χ1n) is 9.51. The van der Waals surface area contributed by atoms with Crippen LogP contribution >= 0.6 is 0 Å². The van der Waals surface area contributed by atoms with Crippen molar-refractivity contribution in [2.45, 2.75) is 51.0 Å². The van der Waals surface area contributed by atoms with E-state index in [0.717, 1.165) is 32.1 Å². The summed E-state index contributed by atoms with van der Waals surface area (Å²) in [7, 11) is 1.47. The predicted molar refractivity (Wildman–Crippen MR) is 97.0 cm³/mol. The monoisotopic (exact) mass is 362 g/mol. The maximum absolute atomic E-state index is 13.6. The number of nitrogens with one attached hydrogen (secondary N) is 1. The van der Waals surface area contributed by atoms with Crippen molar-refractivity contribution >= 4 is 11.8 Å². The number of ether oxygens (including phenoxy) is 1. The Labute approximate surface area is 153 Å². The van der Waals surface area contributed by atoms with Crippen LogP contribution in [0.4, 0.5) is 9.18 Å². The molecule has 5 nitrogen and oxygen atoms in total. The molecule has 1 unspecified atom stereocenters. The largest absolute Gasteiger partial charge is 0.496 e. The lowest BCUT2D eigenvalue weighted by atomic mass is 9.89. The Balaban J connectivity index is 1.65. The van der Waals surface area contributed by atoms with Gasteiger partial charge >= 0.3 is 6.03 Å². The molecule has 2 amide bonds. The molecule has 0 aromatic heterocycles. The van der Waals surface area contributed by atoms with E-state index in [1.807, 2.05) is 0 Å². The van der Waals surface area contributed by atoms with Gasteiger partial charge in [-0.25, -0.2) is 9.18 Å². The van der Waals surface area contributed by atoms with Gasteiger partial charge < -0.3 is 15.0 Å². The summed E-state index contributed by atoms with van der Waals surface area (Å²) in [6.45, 7) is 1.03. The van der Waals surface area contributed by atoms with Gasteiger partial charge in [0.2, 0.25) is 0 Å². The number of piperidine rings is 1. The molecule has 0 radical (unpaired) electrons. The zero-order valence-corrected chi connectivity index (χ0v) is 15.3. The number of carbonyl (C=O) groups is 2. The van der Waals surface area contributed by atoms with Crippen molar-refractivity contribution in [2.24, 2.45) is 5.92 Å². The molecule has 6 heteroatoms. The number of halogens is 1. The number of hydrogen-bond acceptors (Lipinski definition) is 3. The minimum atomic E-state index is -0.461. The molecule has 1 aliphatic carbocycles. The number of Topliss-reactive ketones (excluding diaryl/α,β-unsaturated/α-hetero) is 1. The molecule has 1 N–H and O–H groups in total. The SMILES string of the molecule is COc1ccc(F)cc1C(=O)C1CCCN(C(=O)NC2CCCCC2)C1. The summed E-state index contributed by atoms with van der Waals surface area (Å²) in [6.07, 6.45) is 7.08. The van der Waals surface area contributed by atoms with Gasteiger partial charge in [0.25, 0.3) is 0 Å². The molecule has 1 saturated carbocycles. The number of hydrogen-bond donors (Lipinski definition) is 1. The maximum Gasteiger partial charge on any atom is 0.317 e. The fraction of sp³-hybridized carbons (Fsp3) is 0.600. The summed E-state index contributed by atoms with van der Waals surface area (Å²) in [4.78, 5) is 27.2. The van der Waals surface area contributed by atoms with E-state index < -0.39 is 5.82 Å². The van der Waals surface area contributed by atoms with Crippen LogP contribution in [0.3, 0.4) is 0 Å². The van der Waals surface area contributed by atoms with Gasteiger partial charge in [-0.1, -0.05) is 19.3 Å². The standard InChI is InChI=1S/C20H27FN2O3/c1-26-18-10-9-15(21)12-17(18)19(24)14-6-5-11-23(13-14)20(25)22-16-7-3-2-4-8-16/h9-10,12,14,16H,2-8,11,13H2,1H3,(H,22,25). The lowest BCUT2D eigenvalue weighted by Gasteiger charge is -2.34. The van der Waals surface area contributed by atoms with Gasteiger partial charge in [0.05, 0.1) is 12.7 Å². The summed E-state index contributed by atoms with van der Waals surface area (Å²) in [5, 5.41) is 3.11. The molecule has 1 heterocycles. The molecule has 1 atom stereocenters. The third-order valence-corrected chi connectivity index (χ3v) is 5.44. The minimum Gasteiger partial charge on any atom is -0.496 e. The Kier molecular flexibility index (Phi) is 6.12. The molecule has 0 spiro atoms. The highest BCUT2D eigenvalue weighted by atomic mass is 19.1. The highest BCUT2D eigenvalue weighted by Crippen LogP contribution is 2.27. The predicted octanol–water partition coefficient (Wildman–Crippen LogP) is 3.77. The Hall–Kier alpha value is -2.11. The van der Waals surface area contributed by atoms with Crippen molar-refractivity contribution in [3.05, 3.63) is 29.6 Å². The molecular formula is C20H27FN2O3. The second kappa shape index (κ2) is 8.52. The van der Waals surface area contributed by atoms with Gasteiger partial charge in [0, 0.05) is 25.0 Å². The summed E-state index contributed by atoms with van der Waals surface area (Å²) < 4.78 is 18.8. The Bertz CT molecular complexity index is 658. The number of urea groups is 1. The summed E-state index contributed by atoms with van der Waals surface area (Å²) in [5.41, 5.74) is 0.257. The van der Waals surface area contributed by atoms with Gasteiger partial charge in [-0.3, -0.25) is 4.79 Å². The first-order chi connectivity index (χ1) is 12.6. The minimum absolute atomic E-state index is 0.0828. The first-order valence-corrected chi connectivity index (χ1v) is 9.51. The summed E-state index contributed by atoms with van der Waals surface area (Å²) in [5.74, 6) is -0.565. The third kappa shape index (κ3) is 4.34. The van der Waals surface area contributed by atoms with Crippen LogP contribution in [0.5, 0.6) is 5.75 Å². The van der Waals surface area contributed by atoms with Crippen molar-refractivity contribution in [1.82, 2.24) is 10.2 Å². The van der Waals surface area contributed by atoms with E-state index in [2.05, 4.69) is 5.32 Å². The molecule has 0 bridgehead atoms. The Morgan fingerprint density at radius 1 is 1.15 bits per heavy atom. The number of methoxy groups -OCH3 is 1. The average Bonchev–Trinajstić information content (AvgIpc) is 2.68. The Morgan fingerprint density at radius 2 is 1.92 bits per heavy atom. The number of ketones is 1. The van der Waals surface area contributed by atoms with E-state index >= 15 is 0 Å². The van der Waals surface area contributed by atoms with Gasteiger partial charge in [-0.2, -0.15) is 0 Å². The van der Waals surface area contributed by atoms with Crippen LogP contribution in [0, 0.1) is 11.7 Å².